The third kappa shape index (κ3) is 4.21. The van der Waals surface area contributed by atoms with Gasteiger partial charge in [0.2, 0.25) is 0 Å². The van der Waals surface area contributed by atoms with Crippen LogP contribution in [0.2, 0.25) is 0 Å². The summed E-state index contributed by atoms with van der Waals surface area (Å²) in [5.74, 6) is 0.136. The minimum absolute atomic E-state index is 0.00754. The van der Waals surface area contributed by atoms with E-state index < -0.39 is 9.84 Å². The predicted octanol–water partition coefficient (Wildman–Crippen LogP) is 2.18. The van der Waals surface area contributed by atoms with Gasteiger partial charge in [0.15, 0.2) is 9.84 Å². The van der Waals surface area contributed by atoms with Crippen LogP contribution in [0.5, 0.6) is 0 Å². The molecular weight excluding hydrogens is 286 g/mol. The Balaban J connectivity index is 3.12. The van der Waals surface area contributed by atoms with Gasteiger partial charge in [-0.1, -0.05) is 6.07 Å². The van der Waals surface area contributed by atoms with E-state index in [1.807, 2.05) is 13.8 Å². The summed E-state index contributed by atoms with van der Waals surface area (Å²) in [5.41, 5.74) is 0.363. The van der Waals surface area contributed by atoms with Gasteiger partial charge in [0.25, 0.3) is 5.91 Å². The van der Waals surface area contributed by atoms with Crippen molar-refractivity contribution in [2.75, 3.05) is 18.7 Å². The van der Waals surface area contributed by atoms with Gasteiger partial charge in [0, 0.05) is 30.3 Å². The lowest BCUT2D eigenvalue weighted by atomic mass is 10.1. The van der Waals surface area contributed by atoms with E-state index in [0.717, 1.165) is 6.26 Å². The molecule has 106 valence electrons. The maximum atomic E-state index is 12.3. The van der Waals surface area contributed by atoms with E-state index in [9.17, 15) is 13.2 Å². The average Bonchev–Trinajstić information content (AvgIpc) is 2.34. The van der Waals surface area contributed by atoms with Crippen molar-refractivity contribution in [1.82, 2.24) is 4.90 Å². The van der Waals surface area contributed by atoms with Gasteiger partial charge in [-0.05, 0) is 32.0 Å². The summed E-state index contributed by atoms with van der Waals surface area (Å²) in [6, 6.07) is 6.08. The zero-order valence-corrected chi connectivity index (χ0v) is 12.8. The fourth-order valence-electron chi connectivity index (χ4n) is 1.71. The highest BCUT2D eigenvalue weighted by molar-refractivity contribution is 7.90. The molecule has 0 spiro atoms. The number of sulfone groups is 1. The van der Waals surface area contributed by atoms with Crippen molar-refractivity contribution in [3.63, 3.8) is 0 Å². The van der Waals surface area contributed by atoms with Crippen LogP contribution in [0.15, 0.2) is 29.2 Å². The number of hydrogen-bond acceptors (Lipinski definition) is 3. The summed E-state index contributed by atoms with van der Waals surface area (Å²) in [6.07, 6.45) is 1.12. The molecule has 0 saturated carbocycles. The Morgan fingerprint density at radius 3 is 2.47 bits per heavy atom. The van der Waals surface area contributed by atoms with E-state index in [4.69, 9.17) is 11.6 Å². The van der Waals surface area contributed by atoms with Crippen molar-refractivity contribution in [2.24, 2.45) is 0 Å². The van der Waals surface area contributed by atoms with Crippen LogP contribution >= 0.6 is 11.6 Å². The number of alkyl halides is 1. The summed E-state index contributed by atoms with van der Waals surface area (Å²) in [7, 11) is -3.31. The number of carbonyl (C=O) groups excluding carboxylic acids is 1. The van der Waals surface area contributed by atoms with Crippen LogP contribution in [0.1, 0.15) is 24.2 Å². The first-order valence-electron chi connectivity index (χ1n) is 5.94. The molecule has 1 rings (SSSR count). The van der Waals surface area contributed by atoms with Gasteiger partial charge in [-0.25, -0.2) is 8.42 Å². The van der Waals surface area contributed by atoms with Crippen LogP contribution < -0.4 is 0 Å². The molecule has 0 N–H and O–H groups in total. The van der Waals surface area contributed by atoms with Gasteiger partial charge in [-0.2, -0.15) is 0 Å². The maximum absolute atomic E-state index is 12.3. The fourth-order valence-corrected chi connectivity index (χ4v) is 2.56. The molecule has 0 radical (unpaired) electrons. The van der Waals surface area contributed by atoms with Crippen LogP contribution in [0.25, 0.3) is 0 Å². The van der Waals surface area contributed by atoms with Gasteiger partial charge in [-0.15, -0.1) is 11.6 Å². The van der Waals surface area contributed by atoms with Crippen molar-refractivity contribution in [2.45, 2.75) is 24.8 Å². The lowest BCUT2D eigenvalue weighted by Gasteiger charge is -2.26. The van der Waals surface area contributed by atoms with Gasteiger partial charge in [-0.3, -0.25) is 4.79 Å². The van der Waals surface area contributed by atoms with E-state index in [-0.39, 0.29) is 16.8 Å². The molecule has 6 heteroatoms. The molecule has 1 aromatic rings. The SMILES string of the molecule is CC(C)N(CCCl)C(=O)c1cccc(S(C)(=O)=O)c1. The van der Waals surface area contributed by atoms with Gasteiger partial charge >= 0.3 is 0 Å². The third-order valence-electron chi connectivity index (χ3n) is 2.72. The zero-order chi connectivity index (χ0) is 14.6. The summed E-state index contributed by atoms with van der Waals surface area (Å²) in [4.78, 5) is 14.1. The lowest BCUT2D eigenvalue weighted by Crippen LogP contribution is -2.38. The van der Waals surface area contributed by atoms with Crippen molar-refractivity contribution in [3.8, 4) is 0 Å². The van der Waals surface area contributed by atoms with Crippen molar-refractivity contribution in [1.29, 1.82) is 0 Å². The van der Waals surface area contributed by atoms with Crippen LogP contribution in [-0.2, 0) is 9.84 Å². The first kappa shape index (κ1) is 16.0. The lowest BCUT2D eigenvalue weighted by molar-refractivity contribution is 0.0718. The largest absolute Gasteiger partial charge is 0.335 e. The van der Waals surface area contributed by atoms with Crippen molar-refractivity contribution in [3.05, 3.63) is 29.8 Å². The zero-order valence-electron chi connectivity index (χ0n) is 11.3. The molecule has 0 aliphatic heterocycles. The first-order chi connectivity index (χ1) is 8.77. The van der Waals surface area contributed by atoms with Crippen LogP contribution in [0.4, 0.5) is 0 Å². The third-order valence-corrected chi connectivity index (χ3v) is 4.00. The topological polar surface area (TPSA) is 54.5 Å². The molecule has 0 aliphatic rings. The van der Waals surface area contributed by atoms with E-state index in [1.54, 1.807) is 17.0 Å². The molecule has 0 heterocycles. The molecule has 0 atom stereocenters. The van der Waals surface area contributed by atoms with Gasteiger partial charge in [0.05, 0.1) is 4.90 Å². The number of halogens is 1. The Hall–Kier alpha value is -1.07. The quantitative estimate of drug-likeness (QED) is 0.783. The minimum Gasteiger partial charge on any atom is -0.335 e. The predicted molar refractivity (Wildman–Crippen MR) is 76.4 cm³/mol. The molecule has 0 bridgehead atoms. The number of rotatable bonds is 5. The average molecular weight is 304 g/mol. The van der Waals surface area contributed by atoms with E-state index >= 15 is 0 Å². The van der Waals surface area contributed by atoms with Crippen LogP contribution in [0, 0.1) is 0 Å². The van der Waals surface area contributed by atoms with Crippen molar-refractivity contribution < 1.29 is 13.2 Å². The summed E-state index contributed by atoms with van der Waals surface area (Å²) in [6.45, 7) is 4.22. The number of carbonyl (C=O) groups is 1. The molecule has 4 nitrogen and oxygen atoms in total. The number of hydrogen-bond donors (Lipinski definition) is 0. The fraction of sp³-hybridized carbons (Fsp3) is 0.462. The summed E-state index contributed by atoms with van der Waals surface area (Å²) in [5, 5.41) is 0. The summed E-state index contributed by atoms with van der Waals surface area (Å²) < 4.78 is 23.0. The molecular formula is C13H18ClNO3S. The van der Waals surface area contributed by atoms with Crippen LogP contribution in [-0.4, -0.2) is 43.9 Å². The standard InChI is InChI=1S/C13H18ClNO3S/c1-10(2)15(8-7-14)13(16)11-5-4-6-12(9-11)19(3,17)18/h4-6,9-10H,7-8H2,1-3H3. The number of benzene rings is 1. The first-order valence-corrected chi connectivity index (χ1v) is 8.37. The van der Waals surface area contributed by atoms with Crippen molar-refractivity contribution >= 4 is 27.3 Å². The molecule has 0 aliphatic carbocycles. The Kier molecular flexibility index (Phi) is 5.38. The monoisotopic (exact) mass is 303 g/mol. The van der Waals surface area contributed by atoms with Gasteiger partial charge < -0.3 is 4.90 Å². The molecule has 1 amide bonds. The van der Waals surface area contributed by atoms with E-state index in [1.165, 1.54) is 12.1 Å². The molecule has 0 aromatic heterocycles. The Morgan fingerprint density at radius 1 is 1.37 bits per heavy atom. The number of amides is 1. The Morgan fingerprint density at radius 2 is 2.00 bits per heavy atom. The highest BCUT2D eigenvalue weighted by Crippen LogP contribution is 2.14. The number of nitrogens with zero attached hydrogens (tertiary/aromatic N) is 1. The second kappa shape index (κ2) is 6.39. The Bertz CT molecular complexity index is 555. The molecule has 0 fully saturated rings. The molecule has 19 heavy (non-hydrogen) atoms. The smallest absolute Gasteiger partial charge is 0.254 e. The maximum Gasteiger partial charge on any atom is 0.254 e. The second-order valence-electron chi connectivity index (χ2n) is 4.58. The molecule has 0 unspecified atom stereocenters. The molecule has 1 aromatic carbocycles. The second-order valence-corrected chi connectivity index (χ2v) is 6.97. The molecule has 0 saturated heterocycles. The highest BCUT2D eigenvalue weighted by atomic mass is 35.5. The van der Waals surface area contributed by atoms with Crippen LogP contribution in [0.3, 0.4) is 0 Å². The minimum atomic E-state index is -3.31. The normalized spacial score (nSPS) is 11.6. The Labute approximate surface area is 119 Å². The van der Waals surface area contributed by atoms with Gasteiger partial charge in [0.1, 0.15) is 0 Å². The van der Waals surface area contributed by atoms with E-state index in [2.05, 4.69) is 0 Å². The summed E-state index contributed by atoms with van der Waals surface area (Å²) >= 11 is 5.69. The highest BCUT2D eigenvalue weighted by Gasteiger charge is 2.19. The van der Waals surface area contributed by atoms with E-state index in [0.29, 0.717) is 18.0 Å².